The minimum atomic E-state index is -1.92. The number of rotatable bonds is 9. The van der Waals surface area contributed by atoms with Gasteiger partial charge in [0.2, 0.25) is 5.91 Å². The van der Waals surface area contributed by atoms with Gasteiger partial charge in [-0.2, -0.15) is 0 Å². The van der Waals surface area contributed by atoms with Gasteiger partial charge in [0.1, 0.15) is 5.75 Å². The molecule has 32 heavy (non-hydrogen) atoms. The number of hydrogen-bond donors (Lipinski definition) is 0. The molecule has 2 rings (SSSR count). The largest absolute Gasteiger partial charge is 0.497 e. The molecule has 0 aliphatic carbocycles. The molecule has 1 aliphatic rings. The van der Waals surface area contributed by atoms with Crippen molar-refractivity contribution in [3.05, 3.63) is 42.0 Å². The van der Waals surface area contributed by atoms with Crippen LogP contribution in [-0.2, 0) is 25.3 Å². The Labute approximate surface area is 194 Å². The number of methoxy groups -OCH3 is 1. The minimum absolute atomic E-state index is 0.0927. The fraction of sp³-hybridized carbons (Fsp3) is 0.600. The second-order valence-corrected chi connectivity index (χ2v) is 14.7. The summed E-state index contributed by atoms with van der Waals surface area (Å²) in [6.45, 7) is 14.4. The lowest BCUT2D eigenvalue weighted by Gasteiger charge is -2.38. The van der Waals surface area contributed by atoms with E-state index in [2.05, 4.69) is 33.9 Å². The number of esters is 1. The van der Waals surface area contributed by atoms with Crippen molar-refractivity contribution >= 4 is 20.2 Å². The number of nitrogens with zero attached hydrogens (tertiary/aromatic N) is 1. The van der Waals surface area contributed by atoms with E-state index < -0.39 is 19.7 Å². The van der Waals surface area contributed by atoms with Gasteiger partial charge < -0.3 is 18.8 Å². The lowest BCUT2D eigenvalue weighted by molar-refractivity contribution is -0.164. The average molecular weight is 462 g/mol. The Balaban J connectivity index is 2.21. The number of benzene rings is 1. The molecule has 0 aromatic heterocycles. The van der Waals surface area contributed by atoms with Gasteiger partial charge in [0.05, 0.1) is 20.3 Å². The first kappa shape index (κ1) is 26.1. The second-order valence-electron chi connectivity index (χ2n) is 9.84. The van der Waals surface area contributed by atoms with Crippen molar-refractivity contribution in [3.8, 4) is 5.75 Å². The van der Waals surface area contributed by atoms with Crippen molar-refractivity contribution in [2.45, 2.75) is 65.2 Å². The summed E-state index contributed by atoms with van der Waals surface area (Å²) in [5.74, 6) is 0.0823. The fourth-order valence-electron chi connectivity index (χ4n) is 3.54. The van der Waals surface area contributed by atoms with E-state index >= 15 is 0 Å². The van der Waals surface area contributed by atoms with Gasteiger partial charge in [-0.25, -0.2) is 0 Å². The maximum atomic E-state index is 13.6. The summed E-state index contributed by atoms with van der Waals surface area (Å²) in [6.07, 6.45) is 4.72. The predicted octanol–water partition coefficient (Wildman–Crippen LogP) is 4.95. The average Bonchev–Trinajstić information content (AvgIpc) is 2.73. The van der Waals surface area contributed by atoms with E-state index in [1.807, 2.05) is 30.3 Å². The Morgan fingerprint density at radius 1 is 1.22 bits per heavy atom. The Hall–Kier alpha value is -2.12. The Morgan fingerprint density at radius 2 is 1.88 bits per heavy atom. The molecule has 1 atom stereocenters. The van der Waals surface area contributed by atoms with E-state index in [-0.39, 0.29) is 17.6 Å². The molecule has 6 nitrogen and oxygen atoms in total. The van der Waals surface area contributed by atoms with Crippen molar-refractivity contribution in [1.29, 1.82) is 0 Å². The highest BCUT2D eigenvalue weighted by Crippen LogP contribution is 2.38. The number of carbonyl (C=O) groups excluding carboxylic acids is 2. The standard InChI is InChI=1S/C25H39NO5Si/c1-8-30-23(28)25(16-10-18-31-32(6,7)24(2,3)4)15-9-17-26(22(25)27)19-20-11-13-21(29-5)14-12-20/h10-14,16H,8-9,15,17-19H2,1-7H3/b16-10+/t25-/m0/s1. The van der Waals surface area contributed by atoms with Crippen LogP contribution in [0.2, 0.25) is 18.1 Å². The van der Waals surface area contributed by atoms with Crippen molar-refractivity contribution in [1.82, 2.24) is 4.90 Å². The van der Waals surface area contributed by atoms with Gasteiger partial charge >= 0.3 is 5.97 Å². The normalized spacial score (nSPS) is 20.0. The van der Waals surface area contributed by atoms with Crippen LogP contribution in [0.5, 0.6) is 5.75 Å². The highest BCUT2D eigenvalue weighted by atomic mass is 28.4. The van der Waals surface area contributed by atoms with Crippen LogP contribution in [-0.4, -0.2) is 52.0 Å². The number of ether oxygens (including phenoxy) is 2. The molecule has 7 heteroatoms. The van der Waals surface area contributed by atoms with Crippen molar-refractivity contribution in [2.24, 2.45) is 5.41 Å². The fourth-order valence-corrected chi connectivity index (χ4v) is 4.48. The highest BCUT2D eigenvalue weighted by molar-refractivity contribution is 6.74. The van der Waals surface area contributed by atoms with Crippen LogP contribution in [0.25, 0.3) is 0 Å². The zero-order chi connectivity index (χ0) is 24.0. The zero-order valence-corrected chi connectivity index (χ0v) is 21.7. The van der Waals surface area contributed by atoms with Crippen LogP contribution in [0, 0.1) is 5.41 Å². The number of carbonyl (C=O) groups is 2. The van der Waals surface area contributed by atoms with E-state index in [1.165, 1.54) is 0 Å². The van der Waals surface area contributed by atoms with E-state index in [0.717, 1.165) is 17.7 Å². The summed E-state index contributed by atoms with van der Waals surface area (Å²) in [5, 5.41) is 0.0927. The number of piperidine rings is 1. The molecular formula is C25H39NO5Si. The van der Waals surface area contributed by atoms with Crippen LogP contribution in [0.1, 0.15) is 46.1 Å². The van der Waals surface area contributed by atoms with Crippen LogP contribution >= 0.6 is 0 Å². The molecule has 1 fully saturated rings. The minimum Gasteiger partial charge on any atom is -0.497 e. The lowest BCUT2D eigenvalue weighted by atomic mass is 9.78. The number of amides is 1. The van der Waals surface area contributed by atoms with Crippen LogP contribution in [0.4, 0.5) is 0 Å². The molecule has 0 radical (unpaired) electrons. The summed E-state index contributed by atoms with van der Waals surface area (Å²) in [4.78, 5) is 28.3. The quantitative estimate of drug-likeness (QED) is 0.225. The van der Waals surface area contributed by atoms with Gasteiger partial charge in [-0.15, -0.1) is 0 Å². The molecule has 1 aromatic carbocycles. The molecule has 0 spiro atoms. The van der Waals surface area contributed by atoms with Gasteiger partial charge in [0.15, 0.2) is 13.7 Å². The summed E-state index contributed by atoms with van der Waals surface area (Å²) < 4.78 is 16.8. The Morgan fingerprint density at radius 3 is 2.44 bits per heavy atom. The summed E-state index contributed by atoms with van der Waals surface area (Å²) >= 11 is 0. The molecule has 0 saturated carbocycles. The smallest absolute Gasteiger partial charge is 0.325 e. The predicted molar refractivity (Wildman–Crippen MR) is 129 cm³/mol. The van der Waals surface area contributed by atoms with Gasteiger partial charge in [0.25, 0.3) is 0 Å². The molecular weight excluding hydrogens is 422 g/mol. The number of hydrogen-bond acceptors (Lipinski definition) is 5. The maximum absolute atomic E-state index is 13.6. The molecule has 0 bridgehead atoms. The van der Waals surface area contributed by atoms with Gasteiger partial charge in [-0.1, -0.05) is 45.1 Å². The van der Waals surface area contributed by atoms with Gasteiger partial charge in [-0.3, -0.25) is 9.59 Å². The van der Waals surface area contributed by atoms with Crippen LogP contribution in [0.3, 0.4) is 0 Å². The van der Waals surface area contributed by atoms with E-state index in [4.69, 9.17) is 13.9 Å². The molecule has 1 aliphatic heterocycles. The highest BCUT2D eigenvalue weighted by Gasteiger charge is 2.49. The van der Waals surface area contributed by atoms with E-state index in [9.17, 15) is 9.59 Å². The summed E-state index contributed by atoms with van der Waals surface area (Å²) in [7, 11) is -0.298. The SMILES string of the molecule is CCOC(=O)[C@]1(/C=C/CO[Si](C)(C)C(C)(C)C)CCCN(Cc2ccc(OC)cc2)C1=O. The van der Waals surface area contributed by atoms with E-state index in [1.54, 1.807) is 25.0 Å². The Kier molecular flexibility index (Phi) is 8.71. The first-order valence-corrected chi connectivity index (χ1v) is 14.3. The summed E-state index contributed by atoms with van der Waals surface area (Å²) in [5.41, 5.74) is -0.304. The zero-order valence-electron chi connectivity index (χ0n) is 20.7. The third-order valence-corrected chi connectivity index (χ3v) is 11.1. The lowest BCUT2D eigenvalue weighted by Crippen LogP contribution is -2.52. The molecule has 178 valence electrons. The molecule has 1 heterocycles. The molecule has 1 saturated heterocycles. The Bertz CT molecular complexity index is 813. The van der Waals surface area contributed by atoms with Crippen LogP contribution in [0.15, 0.2) is 36.4 Å². The second kappa shape index (κ2) is 10.7. The van der Waals surface area contributed by atoms with Crippen molar-refractivity contribution < 1.29 is 23.5 Å². The number of likely N-dealkylation sites (tertiary alicyclic amines) is 1. The van der Waals surface area contributed by atoms with Crippen molar-refractivity contribution in [2.75, 3.05) is 26.9 Å². The molecule has 1 amide bonds. The van der Waals surface area contributed by atoms with Crippen LogP contribution < -0.4 is 4.74 Å². The molecule has 0 N–H and O–H groups in total. The third-order valence-electron chi connectivity index (χ3n) is 6.59. The molecule has 1 aromatic rings. The van der Waals surface area contributed by atoms with E-state index in [0.29, 0.717) is 26.1 Å². The third kappa shape index (κ3) is 6.01. The topological polar surface area (TPSA) is 65.1 Å². The van der Waals surface area contributed by atoms with Gasteiger partial charge in [0, 0.05) is 13.1 Å². The summed E-state index contributed by atoms with van der Waals surface area (Å²) in [6, 6.07) is 7.63. The first-order valence-electron chi connectivity index (χ1n) is 11.4. The monoisotopic (exact) mass is 461 g/mol. The maximum Gasteiger partial charge on any atom is 0.325 e. The van der Waals surface area contributed by atoms with Gasteiger partial charge in [-0.05, 0) is 55.6 Å². The molecule has 0 unspecified atom stereocenters. The van der Waals surface area contributed by atoms with Crippen molar-refractivity contribution in [3.63, 3.8) is 0 Å². The first-order chi connectivity index (χ1) is 15.0.